The van der Waals surface area contributed by atoms with Gasteiger partial charge in [0.15, 0.2) is 0 Å². The molecule has 0 aliphatic carbocycles. The molecule has 2 N–H and O–H groups in total. The first-order valence-corrected chi connectivity index (χ1v) is 7.01. The van der Waals surface area contributed by atoms with Crippen molar-refractivity contribution in [1.82, 2.24) is 0 Å². The van der Waals surface area contributed by atoms with Crippen LogP contribution in [0.1, 0.15) is 16.7 Å². The van der Waals surface area contributed by atoms with E-state index >= 15 is 0 Å². The van der Waals surface area contributed by atoms with Crippen LogP contribution in [0.4, 0.5) is 5.69 Å². The van der Waals surface area contributed by atoms with Crippen LogP contribution in [0.15, 0.2) is 42.5 Å². The number of hydrogen-bond acceptors (Lipinski definition) is 3. The first-order valence-electron chi connectivity index (χ1n) is 7.01. The molecule has 1 heterocycles. The van der Waals surface area contributed by atoms with Crippen LogP contribution in [0.3, 0.4) is 0 Å². The molecule has 104 valence electrons. The van der Waals surface area contributed by atoms with Crippen molar-refractivity contribution < 1.29 is 4.74 Å². The van der Waals surface area contributed by atoms with Crippen LogP contribution < -0.4 is 15.4 Å². The van der Waals surface area contributed by atoms with Crippen LogP contribution in [0, 0.1) is 0 Å². The molecule has 0 radical (unpaired) electrons. The van der Waals surface area contributed by atoms with Crippen LogP contribution in [0.2, 0.25) is 0 Å². The highest BCUT2D eigenvalue weighted by Gasteiger charge is 2.12. The van der Waals surface area contributed by atoms with Gasteiger partial charge >= 0.3 is 0 Å². The number of nitrogens with zero attached hydrogens (tertiary/aromatic N) is 1. The molecular formula is C17H20N2O. The van der Waals surface area contributed by atoms with Gasteiger partial charge in [-0.1, -0.05) is 24.3 Å². The zero-order valence-corrected chi connectivity index (χ0v) is 11.8. The average molecular weight is 268 g/mol. The lowest BCUT2D eigenvalue weighted by atomic mass is 10.1. The summed E-state index contributed by atoms with van der Waals surface area (Å²) < 4.78 is 5.54. The predicted octanol–water partition coefficient (Wildman–Crippen LogP) is 2.72. The molecule has 1 aliphatic heterocycles. The highest BCUT2D eigenvalue weighted by atomic mass is 16.5. The van der Waals surface area contributed by atoms with Crippen LogP contribution in [0.25, 0.3) is 0 Å². The zero-order chi connectivity index (χ0) is 13.9. The Bertz CT molecular complexity index is 592. The van der Waals surface area contributed by atoms with Crippen molar-refractivity contribution in [3.8, 4) is 5.75 Å². The lowest BCUT2D eigenvalue weighted by Gasteiger charge is -2.20. The van der Waals surface area contributed by atoms with Gasteiger partial charge in [0.2, 0.25) is 0 Å². The molecule has 0 unspecified atom stereocenters. The van der Waals surface area contributed by atoms with Crippen molar-refractivity contribution in [2.75, 3.05) is 18.6 Å². The highest BCUT2D eigenvalue weighted by molar-refractivity contribution is 5.48. The maximum atomic E-state index is 5.63. The van der Waals surface area contributed by atoms with Gasteiger partial charge in [-0.25, -0.2) is 0 Å². The lowest BCUT2D eigenvalue weighted by molar-refractivity contribution is 0.357. The fourth-order valence-corrected chi connectivity index (χ4v) is 2.59. The van der Waals surface area contributed by atoms with Gasteiger partial charge in [0.25, 0.3) is 0 Å². The second kappa shape index (κ2) is 5.55. The Balaban J connectivity index is 1.73. The van der Waals surface area contributed by atoms with Crippen molar-refractivity contribution in [3.63, 3.8) is 0 Å². The molecule has 0 saturated carbocycles. The topological polar surface area (TPSA) is 38.5 Å². The van der Waals surface area contributed by atoms with E-state index in [1.54, 1.807) is 0 Å². The van der Waals surface area contributed by atoms with Gasteiger partial charge in [0.1, 0.15) is 5.75 Å². The van der Waals surface area contributed by atoms with E-state index in [1.807, 2.05) is 0 Å². The second-order valence-electron chi connectivity index (χ2n) is 5.27. The number of ether oxygens (including phenoxy) is 1. The molecule has 20 heavy (non-hydrogen) atoms. The maximum Gasteiger partial charge on any atom is 0.122 e. The molecule has 0 saturated heterocycles. The summed E-state index contributed by atoms with van der Waals surface area (Å²) in [6.07, 6.45) is 1.03. The quantitative estimate of drug-likeness (QED) is 0.926. The lowest BCUT2D eigenvalue weighted by Crippen LogP contribution is -2.16. The van der Waals surface area contributed by atoms with E-state index in [-0.39, 0.29) is 0 Å². The van der Waals surface area contributed by atoms with Crippen LogP contribution in [-0.2, 0) is 19.5 Å². The fraction of sp³-hybridized carbons (Fsp3) is 0.294. The normalized spacial score (nSPS) is 12.9. The molecule has 2 aromatic rings. The monoisotopic (exact) mass is 268 g/mol. The van der Waals surface area contributed by atoms with Gasteiger partial charge in [0.05, 0.1) is 6.61 Å². The average Bonchev–Trinajstić information content (AvgIpc) is 2.95. The number of nitrogens with two attached hydrogens (primary N) is 1. The molecule has 0 amide bonds. The van der Waals surface area contributed by atoms with E-state index in [1.165, 1.54) is 16.8 Å². The molecule has 0 fully saturated rings. The minimum absolute atomic E-state index is 0.592. The number of rotatable bonds is 4. The summed E-state index contributed by atoms with van der Waals surface area (Å²) >= 11 is 0. The van der Waals surface area contributed by atoms with Gasteiger partial charge in [0, 0.05) is 32.2 Å². The van der Waals surface area contributed by atoms with Crippen molar-refractivity contribution in [1.29, 1.82) is 0 Å². The van der Waals surface area contributed by atoms with Crippen LogP contribution in [0.5, 0.6) is 5.75 Å². The standard InChI is InChI=1S/C17H20N2O/c1-19(16-5-2-13(11-18)3-6-16)12-14-4-7-17-15(10-14)8-9-20-17/h2-7,10H,8-9,11-12,18H2,1H3. The van der Waals surface area contributed by atoms with Crippen molar-refractivity contribution in [2.24, 2.45) is 5.73 Å². The summed E-state index contributed by atoms with van der Waals surface area (Å²) in [4.78, 5) is 2.25. The van der Waals surface area contributed by atoms with Gasteiger partial charge in [-0.3, -0.25) is 0 Å². The molecular weight excluding hydrogens is 248 g/mol. The second-order valence-corrected chi connectivity index (χ2v) is 5.27. The zero-order valence-electron chi connectivity index (χ0n) is 11.8. The fourth-order valence-electron chi connectivity index (χ4n) is 2.59. The summed E-state index contributed by atoms with van der Waals surface area (Å²) in [6, 6.07) is 14.9. The minimum Gasteiger partial charge on any atom is -0.493 e. The Morgan fingerprint density at radius 2 is 1.85 bits per heavy atom. The number of hydrogen-bond donors (Lipinski definition) is 1. The van der Waals surface area contributed by atoms with Gasteiger partial charge in [-0.15, -0.1) is 0 Å². The van der Waals surface area contributed by atoms with E-state index < -0.39 is 0 Å². The Morgan fingerprint density at radius 3 is 2.60 bits per heavy atom. The molecule has 0 spiro atoms. The highest BCUT2D eigenvalue weighted by Crippen LogP contribution is 2.27. The van der Waals surface area contributed by atoms with Gasteiger partial charge < -0.3 is 15.4 Å². The molecule has 3 heteroatoms. The summed E-state index contributed by atoms with van der Waals surface area (Å²) in [7, 11) is 2.11. The van der Waals surface area contributed by atoms with E-state index in [0.29, 0.717) is 6.54 Å². The predicted molar refractivity (Wildman–Crippen MR) is 82.1 cm³/mol. The molecule has 3 nitrogen and oxygen atoms in total. The number of anilines is 1. The SMILES string of the molecule is CN(Cc1ccc2c(c1)CCO2)c1ccc(CN)cc1. The largest absolute Gasteiger partial charge is 0.493 e. The van der Waals surface area contributed by atoms with Crippen molar-refractivity contribution in [3.05, 3.63) is 59.2 Å². The van der Waals surface area contributed by atoms with Crippen molar-refractivity contribution in [2.45, 2.75) is 19.5 Å². The third-order valence-electron chi connectivity index (χ3n) is 3.79. The molecule has 1 aliphatic rings. The minimum atomic E-state index is 0.592. The number of benzene rings is 2. The smallest absolute Gasteiger partial charge is 0.122 e. The summed E-state index contributed by atoms with van der Waals surface area (Å²) in [5.41, 5.74) is 10.6. The van der Waals surface area contributed by atoms with Crippen LogP contribution >= 0.6 is 0 Å². The first-order chi connectivity index (χ1) is 9.76. The molecule has 0 bridgehead atoms. The third kappa shape index (κ3) is 2.63. The molecule has 3 rings (SSSR count). The van der Waals surface area contributed by atoms with E-state index in [9.17, 15) is 0 Å². The van der Waals surface area contributed by atoms with Gasteiger partial charge in [-0.05, 0) is 34.9 Å². The first kappa shape index (κ1) is 13.0. The third-order valence-corrected chi connectivity index (χ3v) is 3.79. The van der Waals surface area contributed by atoms with Crippen molar-refractivity contribution >= 4 is 5.69 Å². The Morgan fingerprint density at radius 1 is 1.10 bits per heavy atom. The molecule has 0 atom stereocenters. The summed E-state index contributed by atoms with van der Waals surface area (Å²) in [6.45, 7) is 2.30. The number of fused-ring (bicyclic) bond motifs is 1. The van der Waals surface area contributed by atoms with E-state index in [4.69, 9.17) is 10.5 Å². The summed E-state index contributed by atoms with van der Waals surface area (Å²) in [5.74, 6) is 1.05. The Hall–Kier alpha value is -2.00. The van der Waals surface area contributed by atoms with Crippen LogP contribution in [-0.4, -0.2) is 13.7 Å². The van der Waals surface area contributed by atoms with E-state index in [2.05, 4.69) is 54.4 Å². The maximum absolute atomic E-state index is 5.63. The molecule has 2 aromatic carbocycles. The molecule has 0 aromatic heterocycles. The van der Waals surface area contributed by atoms with Gasteiger partial charge in [-0.2, -0.15) is 0 Å². The Kier molecular flexibility index (Phi) is 3.61. The Labute approximate surface area is 120 Å². The van der Waals surface area contributed by atoms with E-state index in [0.717, 1.165) is 30.9 Å². The summed E-state index contributed by atoms with van der Waals surface area (Å²) in [5, 5.41) is 0.